The average Bonchev–Trinajstić information content (AvgIpc) is 2.29. The SMILES string of the molecule is Cc1ccc(C(C)(C)c2ccccc2)c(N)c1. The summed E-state index contributed by atoms with van der Waals surface area (Å²) in [6, 6.07) is 16.8. The molecule has 0 heterocycles. The van der Waals surface area contributed by atoms with Gasteiger partial charge in [0.05, 0.1) is 0 Å². The van der Waals surface area contributed by atoms with Gasteiger partial charge in [0.15, 0.2) is 0 Å². The van der Waals surface area contributed by atoms with E-state index in [1.807, 2.05) is 12.1 Å². The number of hydrogen-bond donors (Lipinski definition) is 1. The highest BCUT2D eigenvalue weighted by Gasteiger charge is 2.24. The fourth-order valence-corrected chi connectivity index (χ4v) is 2.26. The molecule has 1 heteroatoms. The van der Waals surface area contributed by atoms with Crippen molar-refractivity contribution in [2.45, 2.75) is 26.2 Å². The first-order valence-electron chi connectivity index (χ1n) is 5.94. The zero-order valence-corrected chi connectivity index (χ0v) is 10.7. The third-order valence-electron chi connectivity index (χ3n) is 3.38. The summed E-state index contributed by atoms with van der Waals surface area (Å²) >= 11 is 0. The minimum absolute atomic E-state index is 0.0565. The van der Waals surface area contributed by atoms with E-state index < -0.39 is 0 Å². The summed E-state index contributed by atoms with van der Waals surface area (Å²) in [4.78, 5) is 0. The maximum absolute atomic E-state index is 6.14. The van der Waals surface area contributed by atoms with Crippen molar-refractivity contribution in [3.05, 3.63) is 65.2 Å². The molecule has 0 spiro atoms. The molecule has 2 aromatic rings. The molecule has 0 bridgehead atoms. The molecule has 0 aromatic heterocycles. The van der Waals surface area contributed by atoms with E-state index in [1.165, 1.54) is 16.7 Å². The van der Waals surface area contributed by atoms with Gasteiger partial charge in [-0.25, -0.2) is 0 Å². The van der Waals surface area contributed by atoms with Gasteiger partial charge in [-0.3, -0.25) is 0 Å². The van der Waals surface area contributed by atoms with Gasteiger partial charge < -0.3 is 5.73 Å². The van der Waals surface area contributed by atoms with Crippen molar-refractivity contribution in [3.8, 4) is 0 Å². The van der Waals surface area contributed by atoms with E-state index in [0.717, 1.165) is 5.69 Å². The lowest BCUT2D eigenvalue weighted by Gasteiger charge is -2.27. The molecule has 0 aliphatic carbocycles. The molecular formula is C16H19N. The second kappa shape index (κ2) is 4.25. The molecule has 17 heavy (non-hydrogen) atoms. The van der Waals surface area contributed by atoms with E-state index in [0.29, 0.717) is 0 Å². The van der Waals surface area contributed by atoms with Crippen molar-refractivity contribution in [2.24, 2.45) is 0 Å². The minimum Gasteiger partial charge on any atom is -0.398 e. The summed E-state index contributed by atoms with van der Waals surface area (Å²) in [6.45, 7) is 6.49. The van der Waals surface area contributed by atoms with Crippen LogP contribution in [0.25, 0.3) is 0 Å². The summed E-state index contributed by atoms with van der Waals surface area (Å²) in [6.07, 6.45) is 0. The third kappa shape index (κ3) is 2.19. The number of hydrogen-bond acceptors (Lipinski definition) is 1. The Kier molecular flexibility index (Phi) is 2.93. The second-order valence-electron chi connectivity index (χ2n) is 5.08. The van der Waals surface area contributed by atoms with Crippen molar-refractivity contribution < 1.29 is 0 Å². The Bertz CT molecular complexity index is 512. The molecule has 0 aliphatic heterocycles. The first-order chi connectivity index (χ1) is 8.01. The van der Waals surface area contributed by atoms with Crippen molar-refractivity contribution in [2.75, 3.05) is 5.73 Å². The van der Waals surface area contributed by atoms with Crippen molar-refractivity contribution in [1.29, 1.82) is 0 Å². The molecule has 2 rings (SSSR count). The smallest absolute Gasteiger partial charge is 0.0358 e. The summed E-state index contributed by atoms with van der Waals surface area (Å²) in [5, 5.41) is 0. The first kappa shape index (κ1) is 11.7. The van der Waals surface area contributed by atoms with Crippen LogP contribution < -0.4 is 5.73 Å². The summed E-state index contributed by atoms with van der Waals surface area (Å²) in [7, 11) is 0. The zero-order chi connectivity index (χ0) is 12.5. The second-order valence-corrected chi connectivity index (χ2v) is 5.08. The Morgan fingerprint density at radius 3 is 2.18 bits per heavy atom. The molecule has 0 fully saturated rings. The molecular weight excluding hydrogens is 206 g/mol. The van der Waals surface area contributed by atoms with E-state index in [2.05, 4.69) is 57.2 Å². The number of nitrogen functional groups attached to an aromatic ring is 1. The molecule has 0 aliphatic rings. The highest BCUT2D eigenvalue weighted by molar-refractivity contribution is 5.55. The lowest BCUT2D eigenvalue weighted by molar-refractivity contribution is 0.643. The topological polar surface area (TPSA) is 26.0 Å². The van der Waals surface area contributed by atoms with Crippen molar-refractivity contribution >= 4 is 5.69 Å². The van der Waals surface area contributed by atoms with Gasteiger partial charge in [0, 0.05) is 11.1 Å². The molecule has 2 N–H and O–H groups in total. The van der Waals surface area contributed by atoms with Crippen LogP contribution in [0.2, 0.25) is 0 Å². The maximum Gasteiger partial charge on any atom is 0.0358 e. The van der Waals surface area contributed by atoms with Crippen molar-refractivity contribution in [3.63, 3.8) is 0 Å². The first-order valence-corrected chi connectivity index (χ1v) is 5.94. The Morgan fingerprint density at radius 1 is 0.941 bits per heavy atom. The highest BCUT2D eigenvalue weighted by Crippen LogP contribution is 2.34. The maximum atomic E-state index is 6.14. The standard InChI is InChI=1S/C16H19N/c1-12-9-10-14(15(17)11-12)16(2,3)13-7-5-4-6-8-13/h4-11H,17H2,1-3H3. The van der Waals surface area contributed by atoms with Crippen LogP contribution in [0.4, 0.5) is 5.69 Å². The quantitative estimate of drug-likeness (QED) is 0.771. The molecule has 0 radical (unpaired) electrons. The van der Waals surface area contributed by atoms with E-state index in [9.17, 15) is 0 Å². The van der Waals surface area contributed by atoms with Crippen LogP contribution in [0.15, 0.2) is 48.5 Å². The van der Waals surface area contributed by atoms with E-state index in [-0.39, 0.29) is 5.41 Å². The predicted octanol–water partition coefficient (Wildman–Crippen LogP) is 3.90. The van der Waals surface area contributed by atoms with Crippen LogP contribution in [-0.2, 0) is 5.41 Å². The van der Waals surface area contributed by atoms with Gasteiger partial charge in [-0.1, -0.05) is 56.3 Å². The van der Waals surface area contributed by atoms with Crippen LogP contribution in [0.5, 0.6) is 0 Å². The average molecular weight is 225 g/mol. The number of rotatable bonds is 2. The van der Waals surface area contributed by atoms with Crippen molar-refractivity contribution in [1.82, 2.24) is 0 Å². The van der Waals surface area contributed by atoms with Crippen LogP contribution in [0.3, 0.4) is 0 Å². The third-order valence-corrected chi connectivity index (χ3v) is 3.38. The Labute approximate surface area is 103 Å². The fourth-order valence-electron chi connectivity index (χ4n) is 2.26. The summed E-state index contributed by atoms with van der Waals surface area (Å²) < 4.78 is 0. The molecule has 0 amide bonds. The Hall–Kier alpha value is -1.76. The molecule has 1 nitrogen and oxygen atoms in total. The monoisotopic (exact) mass is 225 g/mol. The molecule has 0 atom stereocenters. The summed E-state index contributed by atoms with van der Waals surface area (Å²) in [5.74, 6) is 0. The number of anilines is 1. The molecule has 0 saturated heterocycles. The highest BCUT2D eigenvalue weighted by atomic mass is 14.6. The number of nitrogens with two attached hydrogens (primary N) is 1. The van der Waals surface area contributed by atoms with Gasteiger partial charge >= 0.3 is 0 Å². The van der Waals surface area contributed by atoms with Crippen LogP contribution in [0, 0.1) is 6.92 Å². The largest absolute Gasteiger partial charge is 0.398 e. The van der Waals surface area contributed by atoms with Gasteiger partial charge in [0.1, 0.15) is 0 Å². The van der Waals surface area contributed by atoms with Crippen LogP contribution in [-0.4, -0.2) is 0 Å². The molecule has 0 unspecified atom stereocenters. The minimum atomic E-state index is -0.0565. The number of benzene rings is 2. The van der Waals surface area contributed by atoms with Gasteiger partial charge in [-0.05, 0) is 29.7 Å². The normalized spacial score (nSPS) is 11.5. The van der Waals surface area contributed by atoms with E-state index in [4.69, 9.17) is 5.73 Å². The van der Waals surface area contributed by atoms with Crippen LogP contribution >= 0.6 is 0 Å². The van der Waals surface area contributed by atoms with Crippen LogP contribution in [0.1, 0.15) is 30.5 Å². The predicted molar refractivity (Wildman–Crippen MR) is 74.2 cm³/mol. The molecule has 2 aromatic carbocycles. The summed E-state index contributed by atoms with van der Waals surface area (Å²) in [5.41, 5.74) is 10.6. The Morgan fingerprint density at radius 2 is 1.59 bits per heavy atom. The van der Waals surface area contributed by atoms with Gasteiger partial charge in [-0.15, -0.1) is 0 Å². The zero-order valence-electron chi connectivity index (χ0n) is 10.7. The lowest BCUT2D eigenvalue weighted by Crippen LogP contribution is -2.20. The molecule has 0 saturated carbocycles. The lowest BCUT2D eigenvalue weighted by atomic mass is 9.77. The van der Waals surface area contributed by atoms with Gasteiger partial charge in [-0.2, -0.15) is 0 Å². The fraction of sp³-hybridized carbons (Fsp3) is 0.250. The van der Waals surface area contributed by atoms with E-state index in [1.54, 1.807) is 0 Å². The van der Waals surface area contributed by atoms with E-state index >= 15 is 0 Å². The van der Waals surface area contributed by atoms with Gasteiger partial charge in [0.2, 0.25) is 0 Å². The van der Waals surface area contributed by atoms with Gasteiger partial charge in [0.25, 0.3) is 0 Å². The molecule has 88 valence electrons. The number of aryl methyl sites for hydroxylation is 1. The Balaban J connectivity index is 2.52.